The van der Waals surface area contributed by atoms with Crippen LogP contribution in [0, 0.1) is 0 Å². The highest BCUT2D eigenvalue weighted by molar-refractivity contribution is 5.94. The zero-order valence-corrected chi connectivity index (χ0v) is 12.0. The van der Waals surface area contributed by atoms with Crippen molar-refractivity contribution in [3.8, 4) is 17.2 Å². The molecule has 7 heteroatoms. The highest BCUT2D eigenvalue weighted by atomic mass is 16.7. The van der Waals surface area contributed by atoms with Crippen LogP contribution < -0.4 is 24.8 Å². The molecule has 2 N–H and O–H groups in total. The van der Waals surface area contributed by atoms with E-state index in [1.165, 1.54) is 0 Å². The topological polar surface area (TPSA) is 72.1 Å². The Kier molecular flexibility index (Phi) is 4.12. The summed E-state index contributed by atoms with van der Waals surface area (Å²) in [5.41, 5.74) is 0.599. The molecule has 2 heterocycles. The summed E-state index contributed by atoms with van der Waals surface area (Å²) < 4.78 is 15.9. The normalized spacial score (nSPS) is 17.6. The Bertz CT molecular complexity index is 529. The van der Waals surface area contributed by atoms with Gasteiger partial charge in [0.05, 0.1) is 19.3 Å². The molecule has 0 spiro atoms. The molecule has 7 nitrogen and oxygen atoms in total. The minimum Gasteiger partial charge on any atom is -0.494 e. The molecule has 0 radical (unpaired) electrons. The number of ether oxygens (including phenoxy) is 3. The van der Waals surface area contributed by atoms with Crippen LogP contribution in [0.1, 0.15) is 0 Å². The van der Waals surface area contributed by atoms with E-state index < -0.39 is 0 Å². The van der Waals surface area contributed by atoms with Gasteiger partial charge in [-0.2, -0.15) is 0 Å². The van der Waals surface area contributed by atoms with E-state index in [1.807, 2.05) is 0 Å². The van der Waals surface area contributed by atoms with Crippen LogP contribution >= 0.6 is 0 Å². The zero-order valence-electron chi connectivity index (χ0n) is 12.0. The Morgan fingerprint density at radius 2 is 2.05 bits per heavy atom. The van der Waals surface area contributed by atoms with Crippen LogP contribution in [0.3, 0.4) is 0 Å². The number of methoxy groups -OCH3 is 1. The molecule has 1 aromatic carbocycles. The molecule has 1 fully saturated rings. The molecule has 1 amide bonds. The lowest BCUT2D eigenvalue weighted by Crippen LogP contribution is -2.46. The Hall–Kier alpha value is -1.99. The standard InChI is InChI=1S/C14H19N3O4/c1-19-11-7-13-12(20-9-21-13)6-10(11)16-14(18)8-17-4-2-15-3-5-17/h6-7,15H,2-5,8-9H2,1H3,(H,16,18). The second-order valence-corrected chi connectivity index (χ2v) is 4.98. The number of carbonyl (C=O) groups is 1. The number of anilines is 1. The number of piperazine rings is 1. The van der Waals surface area contributed by atoms with E-state index in [4.69, 9.17) is 14.2 Å². The fraction of sp³-hybridized carbons (Fsp3) is 0.500. The molecule has 0 aromatic heterocycles. The second kappa shape index (κ2) is 6.19. The number of hydrogen-bond donors (Lipinski definition) is 2. The molecule has 1 aromatic rings. The first-order valence-corrected chi connectivity index (χ1v) is 6.97. The van der Waals surface area contributed by atoms with E-state index in [-0.39, 0.29) is 12.7 Å². The maximum Gasteiger partial charge on any atom is 0.238 e. The van der Waals surface area contributed by atoms with Gasteiger partial charge in [0.2, 0.25) is 12.7 Å². The van der Waals surface area contributed by atoms with Crippen molar-refractivity contribution in [1.82, 2.24) is 10.2 Å². The zero-order chi connectivity index (χ0) is 14.7. The number of rotatable bonds is 4. The summed E-state index contributed by atoms with van der Waals surface area (Å²) in [6.07, 6.45) is 0. The van der Waals surface area contributed by atoms with Gasteiger partial charge in [-0.1, -0.05) is 0 Å². The number of fused-ring (bicyclic) bond motifs is 1. The van der Waals surface area contributed by atoms with Gasteiger partial charge in [-0.05, 0) is 0 Å². The Labute approximate surface area is 123 Å². The molecule has 0 bridgehead atoms. The number of nitrogens with one attached hydrogen (secondary N) is 2. The first-order chi connectivity index (χ1) is 10.3. The van der Waals surface area contributed by atoms with Crippen molar-refractivity contribution in [3.05, 3.63) is 12.1 Å². The predicted octanol–water partition coefficient (Wildman–Crippen LogP) is 0.268. The number of carbonyl (C=O) groups excluding carboxylic acids is 1. The second-order valence-electron chi connectivity index (χ2n) is 4.98. The van der Waals surface area contributed by atoms with Gasteiger partial charge in [-0.3, -0.25) is 9.69 Å². The number of hydrogen-bond acceptors (Lipinski definition) is 6. The quantitative estimate of drug-likeness (QED) is 0.830. The van der Waals surface area contributed by atoms with Crippen LogP contribution in [0.5, 0.6) is 17.2 Å². The maximum absolute atomic E-state index is 12.1. The summed E-state index contributed by atoms with van der Waals surface area (Å²) in [6.45, 7) is 4.16. The van der Waals surface area contributed by atoms with Crippen LogP contribution in [0.2, 0.25) is 0 Å². The molecule has 0 saturated carbocycles. The minimum absolute atomic E-state index is 0.0611. The van der Waals surface area contributed by atoms with E-state index in [1.54, 1.807) is 19.2 Å². The molecular formula is C14H19N3O4. The molecule has 3 rings (SSSR count). The van der Waals surface area contributed by atoms with Crippen LogP contribution in [-0.4, -0.2) is 57.4 Å². The fourth-order valence-electron chi connectivity index (χ4n) is 2.45. The molecule has 21 heavy (non-hydrogen) atoms. The van der Waals surface area contributed by atoms with Gasteiger partial charge < -0.3 is 24.8 Å². The van der Waals surface area contributed by atoms with Crippen molar-refractivity contribution >= 4 is 11.6 Å². The summed E-state index contributed by atoms with van der Waals surface area (Å²) in [6, 6.07) is 3.46. The number of benzene rings is 1. The molecular weight excluding hydrogens is 274 g/mol. The van der Waals surface area contributed by atoms with Crippen molar-refractivity contribution in [1.29, 1.82) is 0 Å². The van der Waals surface area contributed by atoms with Crippen molar-refractivity contribution in [2.75, 3.05) is 51.9 Å². The number of amides is 1. The van der Waals surface area contributed by atoms with Crippen LogP contribution in [0.15, 0.2) is 12.1 Å². The molecule has 2 aliphatic heterocycles. The van der Waals surface area contributed by atoms with E-state index in [9.17, 15) is 4.79 Å². The van der Waals surface area contributed by atoms with Crippen LogP contribution in [-0.2, 0) is 4.79 Å². The largest absolute Gasteiger partial charge is 0.494 e. The van der Waals surface area contributed by atoms with Crippen LogP contribution in [0.4, 0.5) is 5.69 Å². The third kappa shape index (κ3) is 3.20. The van der Waals surface area contributed by atoms with Crippen molar-refractivity contribution < 1.29 is 19.0 Å². The number of nitrogens with zero attached hydrogens (tertiary/aromatic N) is 1. The highest BCUT2D eigenvalue weighted by Crippen LogP contribution is 2.40. The fourth-order valence-corrected chi connectivity index (χ4v) is 2.45. The average molecular weight is 293 g/mol. The minimum atomic E-state index is -0.0611. The van der Waals surface area contributed by atoms with E-state index >= 15 is 0 Å². The first-order valence-electron chi connectivity index (χ1n) is 6.97. The van der Waals surface area contributed by atoms with E-state index in [2.05, 4.69) is 15.5 Å². The maximum atomic E-state index is 12.1. The summed E-state index contributed by atoms with van der Waals surface area (Å²) in [4.78, 5) is 14.3. The SMILES string of the molecule is COc1cc2c(cc1NC(=O)CN1CCNCC1)OCO2. The van der Waals surface area contributed by atoms with E-state index in [0.717, 1.165) is 26.2 Å². The van der Waals surface area contributed by atoms with Gasteiger partial charge in [0.15, 0.2) is 11.5 Å². The Morgan fingerprint density at radius 1 is 1.33 bits per heavy atom. The third-order valence-electron chi connectivity index (χ3n) is 3.55. The molecule has 2 aliphatic rings. The first kappa shape index (κ1) is 14.0. The van der Waals surface area contributed by atoms with Crippen molar-refractivity contribution in [2.24, 2.45) is 0 Å². The molecule has 114 valence electrons. The van der Waals surface area contributed by atoms with Gasteiger partial charge >= 0.3 is 0 Å². The summed E-state index contributed by atoms with van der Waals surface area (Å²) in [5, 5.41) is 6.14. The summed E-state index contributed by atoms with van der Waals surface area (Å²) in [7, 11) is 1.56. The smallest absolute Gasteiger partial charge is 0.238 e. The average Bonchev–Trinajstić information content (AvgIpc) is 2.94. The Morgan fingerprint density at radius 3 is 2.76 bits per heavy atom. The summed E-state index contributed by atoms with van der Waals surface area (Å²) >= 11 is 0. The highest BCUT2D eigenvalue weighted by Gasteiger charge is 2.20. The predicted molar refractivity (Wildman–Crippen MR) is 77.1 cm³/mol. The van der Waals surface area contributed by atoms with Crippen molar-refractivity contribution in [2.45, 2.75) is 0 Å². The lowest BCUT2D eigenvalue weighted by molar-refractivity contribution is -0.117. The third-order valence-corrected chi connectivity index (χ3v) is 3.55. The van der Waals surface area contributed by atoms with Gasteiger partial charge in [-0.15, -0.1) is 0 Å². The van der Waals surface area contributed by atoms with Gasteiger partial charge in [0.1, 0.15) is 5.75 Å². The molecule has 1 saturated heterocycles. The Balaban J connectivity index is 1.67. The van der Waals surface area contributed by atoms with Gasteiger partial charge in [-0.25, -0.2) is 0 Å². The van der Waals surface area contributed by atoms with Crippen LogP contribution in [0.25, 0.3) is 0 Å². The van der Waals surface area contributed by atoms with Gasteiger partial charge in [0, 0.05) is 38.3 Å². The molecule has 0 atom stereocenters. The van der Waals surface area contributed by atoms with Crippen molar-refractivity contribution in [3.63, 3.8) is 0 Å². The van der Waals surface area contributed by atoms with Gasteiger partial charge in [0.25, 0.3) is 0 Å². The molecule has 0 aliphatic carbocycles. The lowest BCUT2D eigenvalue weighted by atomic mass is 10.2. The summed E-state index contributed by atoms with van der Waals surface area (Å²) in [5.74, 6) is 1.75. The lowest BCUT2D eigenvalue weighted by Gasteiger charge is -2.26. The monoisotopic (exact) mass is 293 g/mol. The van der Waals surface area contributed by atoms with E-state index in [0.29, 0.717) is 29.5 Å². The molecule has 0 unspecified atom stereocenters.